The van der Waals surface area contributed by atoms with E-state index in [0.717, 1.165) is 75.3 Å². The number of hydrogen-bond donors (Lipinski definition) is 4. The molecule has 8 nitrogen and oxygen atoms in total. The maximum atomic E-state index is 13.6. The summed E-state index contributed by atoms with van der Waals surface area (Å²) in [4.78, 5) is 37.6. The maximum Gasteiger partial charge on any atom is 0.225 e. The molecule has 0 aliphatic heterocycles. The summed E-state index contributed by atoms with van der Waals surface area (Å²) < 4.78 is 5.43. The Balaban J connectivity index is 1.15. The Morgan fingerprint density at radius 3 is 2.48 bits per heavy atom. The number of nitrogens with zero attached hydrogens (tertiary/aromatic N) is 1. The number of aryl methyl sites for hydroxylation is 1. The third kappa shape index (κ3) is 7.29. The lowest BCUT2D eigenvalue weighted by molar-refractivity contribution is -0.121. The zero-order valence-electron chi connectivity index (χ0n) is 26.2. The molecule has 0 unspecified atom stereocenters. The lowest BCUT2D eigenvalue weighted by atomic mass is 10.0. The number of carbonyl (C=O) groups excluding carboxylic acids is 2. The molecule has 0 saturated heterocycles. The Kier molecular flexibility index (Phi) is 9.43. The van der Waals surface area contributed by atoms with Gasteiger partial charge in [-0.05, 0) is 72.5 Å². The SMILES string of the molecule is COc1ccc2[nH]c(C)c(CC(=O)N[C@@H](CCCCCC(=O)Nc3ccccc3)c3ncc(-c4ccc5ccccc5c4)[nH]3)c2c1. The summed E-state index contributed by atoms with van der Waals surface area (Å²) in [5.74, 6) is 1.39. The molecule has 6 rings (SSSR count). The van der Waals surface area contributed by atoms with E-state index in [1.807, 2.05) is 73.8 Å². The Bertz CT molecular complexity index is 1960. The molecule has 0 radical (unpaired) electrons. The van der Waals surface area contributed by atoms with Crippen LogP contribution in [0.5, 0.6) is 5.75 Å². The van der Waals surface area contributed by atoms with E-state index in [1.165, 1.54) is 5.39 Å². The van der Waals surface area contributed by atoms with Gasteiger partial charge in [-0.1, -0.05) is 67.4 Å². The molecular weight excluding hydrogens is 574 g/mol. The van der Waals surface area contributed by atoms with Gasteiger partial charge in [-0.15, -0.1) is 0 Å². The molecule has 0 spiro atoms. The highest BCUT2D eigenvalue weighted by Crippen LogP contribution is 2.28. The summed E-state index contributed by atoms with van der Waals surface area (Å²) in [6.07, 6.45) is 5.65. The van der Waals surface area contributed by atoms with Crippen molar-refractivity contribution in [3.63, 3.8) is 0 Å². The Hall–Kier alpha value is -5.37. The highest BCUT2D eigenvalue weighted by Gasteiger charge is 2.21. The minimum atomic E-state index is -0.306. The number of methoxy groups -OCH3 is 1. The van der Waals surface area contributed by atoms with Crippen molar-refractivity contribution in [2.45, 2.75) is 51.5 Å². The lowest BCUT2D eigenvalue weighted by Gasteiger charge is -2.17. The van der Waals surface area contributed by atoms with Crippen LogP contribution in [0.4, 0.5) is 5.69 Å². The van der Waals surface area contributed by atoms with Gasteiger partial charge >= 0.3 is 0 Å². The first-order chi connectivity index (χ1) is 22.5. The normalized spacial score (nSPS) is 11.9. The monoisotopic (exact) mass is 613 g/mol. The van der Waals surface area contributed by atoms with Crippen LogP contribution in [0, 0.1) is 6.92 Å². The summed E-state index contributed by atoms with van der Waals surface area (Å²) in [6.45, 7) is 1.99. The summed E-state index contributed by atoms with van der Waals surface area (Å²) in [7, 11) is 1.64. The first kappa shape index (κ1) is 30.6. The second-order valence-electron chi connectivity index (χ2n) is 11.7. The molecule has 0 aliphatic rings. The predicted octanol–water partition coefficient (Wildman–Crippen LogP) is 8.02. The minimum Gasteiger partial charge on any atom is -0.497 e. The number of H-pyrrole nitrogens is 2. The van der Waals surface area contributed by atoms with Crippen LogP contribution < -0.4 is 15.4 Å². The van der Waals surface area contributed by atoms with E-state index in [-0.39, 0.29) is 24.3 Å². The summed E-state index contributed by atoms with van der Waals surface area (Å²) in [5.41, 5.74) is 5.62. The molecule has 6 aromatic rings. The number of nitrogens with one attached hydrogen (secondary N) is 4. The molecule has 234 valence electrons. The molecule has 46 heavy (non-hydrogen) atoms. The maximum absolute atomic E-state index is 13.6. The first-order valence-electron chi connectivity index (χ1n) is 15.8. The second-order valence-corrected chi connectivity index (χ2v) is 11.7. The van der Waals surface area contributed by atoms with Crippen molar-refractivity contribution in [3.8, 4) is 17.0 Å². The second kappa shape index (κ2) is 14.2. The minimum absolute atomic E-state index is 0.00726. The van der Waals surface area contributed by atoms with Gasteiger partial charge in [0, 0.05) is 34.3 Å². The molecular formula is C38H39N5O3. The van der Waals surface area contributed by atoms with E-state index in [9.17, 15) is 9.59 Å². The molecule has 1 atom stereocenters. The van der Waals surface area contributed by atoms with Gasteiger partial charge in [-0.3, -0.25) is 9.59 Å². The molecule has 0 saturated carbocycles. The van der Waals surface area contributed by atoms with Gasteiger partial charge < -0.3 is 25.3 Å². The van der Waals surface area contributed by atoms with Crippen LogP contribution >= 0.6 is 0 Å². The molecule has 8 heteroatoms. The van der Waals surface area contributed by atoms with Gasteiger partial charge in [0.05, 0.1) is 31.5 Å². The van der Waals surface area contributed by atoms with Crippen molar-refractivity contribution in [2.75, 3.05) is 12.4 Å². The van der Waals surface area contributed by atoms with Crippen LogP contribution in [0.3, 0.4) is 0 Å². The molecule has 4 aromatic carbocycles. The molecule has 0 fully saturated rings. The van der Waals surface area contributed by atoms with Crippen LogP contribution in [-0.2, 0) is 16.0 Å². The van der Waals surface area contributed by atoms with Gasteiger partial charge in [-0.25, -0.2) is 4.98 Å². The predicted molar refractivity (Wildman–Crippen MR) is 184 cm³/mol. The number of amides is 2. The number of anilines is 1. The average molecular weight is 614 g/mol. The van der Waals surface area contributed by atoms with Gasteiger partial charge in [0.1, 0.15) is 11.6 Å². The number of fused-ring (bicyclic) bond motifs is 2. The molecule has 2 heterocycles. The third-order valence-electron chi connectivity index (χ3n) is 8.44. The number of aromatic amines is 2. The third-order valence-corrected chi connectivity index (χ3v) is 8.44. The van der Waals surface area contributed by atoms with Gasteiger partial charge in [0.15, 0.2) is 0 Å². The summed E-state index contributed by atoms with van der Waals surface area (Å²) >= 11 is 0. The Labute approximate surface area is 268 Å². The smallest absolute Gasteiger partial charge is 0.225 e. The van der Waals surface area contributed by atoms with Crippen LogP contribution in [0.25, 0.3) is 32.9 Å². The highest BCUT2D eigenvalue weighted by molar-refractivity contribution is 5.92. The van der Waals surface area contributed by atoms with Crippen LogP contribution in [-0.4, -0.2) is 33.9 Å². The molecule has 2 aromatic heterocycles. The number of unbranched alkanes of at least 4 members (excludes halogenated alkanes) is 2. The molecule has 0 bridgehead atoms. The number of carbonyl (C=O) groups is 2. The zero-order valence-corrected chi connectivity index (χ0v) is 26.2. The van der Waals surface area contributed by atoms with E-state index in [0.29, 0.717) is 12.8 Å². The van der Waals surface area contributed by atoms with Crippen molar-refractivity contribution in [3.05, 3.63) is 114 Å². The highest BCUT2D eigenvalue weighted by atomic mass is 16.5. The van der Waals surface area contributed by atoms with Crippen LogP contribution in [0.1, 0.15) is 55.2 Å². The zero-order chi connectivity index (χ0) is 31.9. The van der Waals surface area contributed by atoms with Crippen molar-refractivity contribution >= 4 is 39.2 Å². The number of rotatable bonds is 13. The van der Waals surface area contributed by atoms with Gasteiger partial charge in [-0.2, -0.15) is 0 Å². The molecule has 0 aliphatic carbocycles. The quantitative estimate of drug-likeness (QED) is 0.0989. The number of imidazole rings is 1. The Morgan fingerprint density at radius 1 is 0.848 bits per heavy atom. The fourth-order valence-corrected chi connectivity index (χ4v) is 5.97. The van der Waals surface area contributed by atoms with E-state index >= 15 is 0 Å². The van der Waals surface area contributed by atoms with Crippen molar-refractivity contribution < 1.29 is 14.3 Å². The molecule has 2 amide bonds. The van der Waals surface area contributed by atoms with E-state index < -0.39 is 0 Å². The molecule has 4 N–H and O–H groups in total. The average Bonchev–Trinajstić information content (AvgIpc) is 3.68. The number of para-hydroxylation sites is 1. The van der Waals surface area contributed by atoms with Crippen LogP contribution in [0.2, 0.25) is 0 Å². The number of ether oxygens (including phenoxy) is 1. The van der Waals surface area contributed by atoms with Crippen molar-refractivity contribution in [2.24, 2.45) is 0 Å². The largest absolute Gasteiger partial charge is 0.497 e. The topological polar surface area (TPSA) is 112 Å². The number of benzene rings is 4. The summed E-state index contributed by atoms with van der Waals surface area (Å²) in [5, 5.41) is 9.52. The first-order valence-corrected chi connectivity index (χ1v) is 15.8. The standard InChI is InChI=1S/C38H39N5O3/c1-25-31(32-22-30(46-2)19-20-33(32)40-25)23-37(45)42-34(15-7-4-8-16-36(44)41-29-13-5-3-6-14-29)38-39-24-35(43-38)28-18-17-26-11-9-10-12-27(26)21-28/h3,5-6,9-14,17-22,24,34,40H,4,7-8,15-16,23H2,1-2H3,(H,39,43)(H,41,44)(H,42,45)/t34-/m0/s1. The van der Waals surface area contributed by atoms with E-state index in [2.05, 4.69) is 50.9 Å². The van der Waals surface area contributed by atoms with Crippen LogP contribution in [0.15, 0.2) is 97.2 Å². The Morgan fingerprint density at radius 2 is 1.65 bits per heavy atom. The lowest BCUT2D eigenvalue weighted by Crippen LogP contribution is -2.30. The van der Waals surface area contributed by atoms with Gasteiger partial charge in [0.25, 0.3) is 0 Å². The number of aromatic nitrogens is 3. The fraction of sp³-hybridized carbons (Fsp3) is 0.237. The number of hydrogen-bond acceptors (Lipinski definition) is 4. The fourth-order valence-electron chi connectivity index (χ4n) is 5.97. The van der Waals surface area contributed by atoms with Crippen molar-refractivity contribution in [1.29, 1.82) is 0 Å². The summed E-state index contributed by atoms with van der Waals surface area (Å²) in [6, 6.07) is 29.7. The van der Waals surface area contributed by atoms with E-state index in [4.69, 9.17) is 9.72 Å². The van der Waals surface area contributed by atoms with Gasteiger partial charge in [0.2, 0.25) is 11.8 Å². The van der Waals surface area contributed by atoms with Crippen molar-refractivity contribution in [1.82, 2.24) is 20.3 Å². The van der Waals surface area contributed by atoms with E-state index in [1.54, 1.807) is 7.11 Å².